The van der Waals surface area contributed by atoms with E-state index in [9.17, 15) is 8.78 Å². The Bertz CT molecular complexity index is 268. The molecule has 1 aliphatic rings. The first-order chi connectivity index (χ1) is 6.27. The van der Waals surface area contributed by atoms with E-state index in [0.29, 0.717) is 0 Å². The summed E-state index contributed by atoms with van der Waals surface area (Å²) in [5.41, 5.74) is 0.783. The Labute approximate surface area is 75.2 Å². The highest BCUT2D eigenvalue weighted by atomic mass is 19.2. The molecule has 4 heteroatoms. The van der Waals surface area contributed by atoms with Crippen LogP contribution in [0.4, 0.5) is 14.5 Å². The standard InChI is InChI=1S/C9H10F2N2/c10-8-5-13(6-9(8)11)7-2-1-3-12-4-7/h1-4,8-9H,5-6H2/t8-,9-/m0/s1. The molecule has 2 nitrogen and oxygen atoms in total. The number of rotatable bonds is 1. The molecule has 0 radical (unpaired) electrons. The fourth-order valence-corrected chi connectivity index (χ4v) is 1.48. The summed E-state index contributed by atoms with van der Waals surface area (Å²) in [4.78, 5) is 5.56. The lowest BCUT2D eigenvalue weighted by Gasteiger charge is -2.15. The third-order valence-electron chi connectivity index (χ3n) is 2.19. The van der Waals surface area contributed by atoms with Crippen LogP contribution in [-0.2, 0) is 0 Å². The molecule has 13 heavy (non-hydrogen) atoms. The molecule has 0 amide bonds. The maximum atomic E-state index is 12.8. The zero-order valence-electron chi connectivity index (χ0n) is 7.03. The van der Waals surface area contributed by atoms with Crippen LogP contribution in [0.25, 0.3) is 0 Å². The predicted molar refractivity (Wildman–Crippen MR) is 46.2 cm³/mol. The van der Waals surface area contributed by atoms with E-state index in [0.717, 1.165) is 5.69 Å². The molecule has 0 spiro atoms. The van der Waals surface area contributed by atoms with E-state index in [1.165, 1.54) is 0 Å². The second-order valence-electron chi connectivity index (χ2n) is 3.15. The normalized spacial score (nSPS) is 28.0. The third kappa shape index (κ3) is 1.61. The van der Waals surface area contributed by atoms with Gasteiger partial charge in [-0.15, -0.1) is 0 Å². The molecule has 1 saturated heterocycles. The minimum absolute atomic E-state index is 0.132. The number of aromatic nitrogens is 1. The molecular formula is C9H10F2N2. The highest BCUT2D eigenvalue weighted by Crippen LogP contribution is 2.22. The minimum atomic E-state index is -1.36. The summed E-state index contributed by atoms with van der Waals surface area (Å²) in [7, 11) is 0. The van der Waals surface area contributed by atoms with Gasteiger partial charge in [0, 0.05) is 6.20 Å². The van der Waals surface area contributed by atoms with Crippen molar-refractivity contribution in [1.29, 1.82) is 0 Å². The second-order valence-corrected chi connectivity index (χ2v) is 3.15. The molecule has 0 saturated carbocycles. The van der Waals surface area contributed by atoms with Crippen molar-refractivity contribution in [3.05, 3.63) is 24.5 Å². The summed E-state index contributed by atoms with van der Waals surface area (Å²) in [5, 5.41) is 0. The van der Waals surface area contributed by atoms with E-state index in [2.05, 4.69) is 4.98 Å². The van der Waals surface area contributed by atoms with Gasteiger partial charge >= 0.3 is 0 Å². The largest absolute Gasteiger partial charge is 0.364 e. The number of hydrogen-bond acceptors (Lipinski definition) is 2. The van der Waals surface area contributed by atoms with Crippen LogP contribution in [0.2, 0.25) is 0 Å². The number of pyridine rings is 1. The van der Waals surface area contributed by atoms with Gasteiger partial charge in [-0.2, -0.15) is 0 Å². The van der Waals surface area contributed by atoms with E-state index in [1.54, 1.807) is 29.4 Å². The molecule has 0 aliphatic carbocycles. The lowest BCUT2D eigenvalue weighted by atomic mass is 10.3. The molecule has 1 aromatic rings. The average Bonchev–Trinajstić information content (AvgIpc) is 2.49. The molecule has 0 N–H and O–H groups in total. The van der Waals surface area contributed by atoms with Crippen LogP contribution in [0.1, 0.15) is 0 Å². The van der Waals surface area contributed by atoms with Gasteiger partial charge in [-0.05, 0) is 12.1 Å². The Hall–Kier alpha value is -1.19. The van der Waals surface area contributed by atoms with Crippen LogP contribution in [0.15, 0.2) is 24.5 Å². The lowest BCUT2D eigenvalue weighted by molar-refractivity contribution is 0.217. The summed E-state index contributed by atoms with van der Waals surface area (Å²) >= 11 is 0. The predicted octanol–water partition coefficient (Wildman–Crippen LogP) is 1.58. The van der Waals surface area contributed by atoms with Crippen LogP contribution in [0.5, 0.6) is 0 Å². The van der Waals surface area contributed by atoms with Gasteiger partial charge in [0.1, 0.15) is 0 Å². The van der Waals surface area contributed by atoms with Crippen molar-refractivity contribution < 1.29 is 8.78 Å². The molecule has 0 aromatic carbocycles. The zero-order valence-corrected chi connectivity index (χ0v) is 7.03. The molecule has 0 bridgehead atoms. The van der Waals surface area contributed by atoms with E-state index < -0.39 is 12.3 Å². The monoisotopic (exact) mass is 184 g/mol. The molecule has 1 fully saturated rings. The Morgan fingerprint density at radius 3 is 2.54 bits per heavy atom. The maximum Gasteiger partial charge on any atom is 0.150 e. The highest BCUT2D eigenvalue weighted by Gasteiger charge is 2.32. The first kappa shape index (κ1) is 8.41. The van der Waals surface area contributed by atoms with Gasteiger partial charge in [0.15, 0.2) is 12.3 Å². The maximum absolute atomic E-state index is 12.8. The summed E-state index contributed by atoms with van der Waals surface area (Å²) < 4.78 is 25.6. The van der Waals surface area contributed by atoms with Gasteiger partial charge < -0.3 is 4.90 Å². The molecule has 1 aliphatic heterocycles. The van der Waals surface area contributed by atoms with Gasteiger partial charge in [0.25, 0.3) is 0 Å². The van der Waals surface area contributed by atoms with Gasteiger partial charge in [0.05, 0.1) is 25.0 Å². The van der Waals surface area contributed by atoms with E-state index in [4.69, 9.17) is 0 Å². The first-order valence-corrected chi connectivity index (χ1v) is 4.20. The van der Waals surface area contributed by atoms with Crippen LogP contribution < -0.4 is 4.90 Å². The van der Waals surface area contributed by atoms with E-state index >= 15 is 0 Å². The summed E-state index contributed by atoms with van der Waals surface area (Å²) in [6, 6.07) is 3.56. The van der Waals surface area contributed by atoms with E-state index in [-0.39, 0.29) is 13.1 Å². The van der Waals surface area contributed by atoms with Crippen LogP contribution >= 0.6 is 0 Å². The van der Waals surface area contributed by atoms with Gasteiger partial charge in [-0.1, -0.05) is 0 Å². The fourth-order valence-electron chi connectivity index (χ4n) is 1.48. The Kier molecular flexibility index (Phi) is 2.12. The molecular weight excluding hydrogens is 174 g/mol. The molecule has 2 rings (SSSR count). The molecule has 1 aromatic heterocycles. The van der Waals surface area contributed by atoms with Crippen molar-refractivity contribution in [2.24, 2.45) is 0 Å². The van der Waals surface area contributed by atoms with E-state index in [1.807, 2.05) is 0 Å². The highest BCUT2D eigenvalue weighted by molar-refractivity contribution is 5.45. The third-order valence-corrected chi connectivity index (χ3v) is 2.19. The first-order valence-electron chi connectivity index (χ1n) is 4.20. The summed E-state index contributed by atoms with van der Waals surface area (Å²) in [6.07, 6.45) is 0.532. The van der Waals surface area contributed by atoms with Crippen LogP contribution in [0, 0.1) is 0 Å². The number of anilines is 1. The van der Waals surface area contributed by atoms with Crippen molar-refractivity contribution in [3.63, 3.8) is 0 Å². The molecule has 2 atom stereocenters. The van der Waals surface area contributed by atoms with Gasteiger partial charge in [0.2, 0.25) is 0 Å². The fraction of sp³-hybridized carbons (Fsp3) is 0.444. The van der Waals surface area contributed by atoms with Crippen molar-refractivity contribution in [3.8, 4) is 0 Å². The quantitative estimate of drug-likeness (QED) is 0.658. The molecule has 70 valence electrons. The number of alkyl halides is 2. The average molecular weight is 184 g/mol. The van der Waals surface area contributed by atoms with Crippen molar-refractivity contribution in [2.75, 3.05) is 18.0 Å². The number of nitrogens with zero attached hydrogens (tertiary/aromatic N) is 2. The van der Waals surface area contributed by atoms with Crippen LogP contribution in [0.3, 0.4) is 0 Å². The summed E-state index contributed by atoms with van der Waals surface area (Å²) in [5.74, 6) is 0. The van der Waals surface area contributed by atoms with Crippen molar-refractivity contribution >= 4 is 5.69 Å². The minimum Gasteiger partial charge on any atom is -0.364 e. The van der Waals surface area contributed by atoms with Crippen LogP contribution in [-0.4, -0.2) is 30.4 Å². The van der Waals surface area contributed by atoms with Crippen molar-refractivity contribution in [1.82, 2.24) is 4.98 Å². The number of halogens is 2. The summed E-state index contributed by atoms with van der Waals surface area (Å²) in [6.45, 7) is 0.264. The second kappa shape index (κ2) is 3.28. The Morgan fingerprint density at radius 1 is 1.31 bits per heavy atom. The number of hydrogen-bond donors (Lipinski definition) is 0. The lowest BCUT2D eigenvalue weighted by Crippen LogP contribution is -2.20. The van der Waals surface area contributed by atoms with Gasteiger partial charge in [-0.3, -0.25) is 4.98 Å². The molecule has 2 heterocycles. The van der Waals surface area contributed by atoms with Gasteiger partial charge in [-0.25, -0.2) is 8.78 Å². The zero-order chi connectivity index (χ0) is 9.26. The topological polar surface area (TPSA) is 16.1 Å². The Morgan fingerprint density at radius 2 is 2.00 bits per heavy atom. The smallest absolute Gasteiger partial charge is 0.150 e. The Balaban J connectivity index is 2.12. The SMILES string of the molecule is F[C@H]1CN(c2cccnc2)C[C@@H]1F. The molecule has 0 unspecified atom stereocenters. The van der Waals surface area contributed by atoms with Crippen molar-refractivity contribution in [2.45, 2.75) is 12.3 Å².